The van der Waals surface area contributed by atoms with Crippen LogP contribution in [0.1, 0.15) is 87.6 Å². The first-order chi connectivity index (χ1) is 14.7. The Bertz CT molecular complexity index is 1080. The van der Waals surface area contributed by atoms with E-state index in [0.29, 0.717) is 23.6 Å². The molecule has 0 radical (unpaired) electrons. The van der Waals surface area contributed by atoms with Gasteiger partial charge in [-0.3, -0.25) is 4.79 Å². The second-order valence-corrected chi connectivity index (χ2v) is 11.5. The molecule has 0 saturated heterocycles. The molecule has 0 atom stereocenters. The van der Waals surface area contributed by atoms with Crippen molar-refractivity contribution in [2.24, 2.45) is 0 Å². The lowest BCUT2D eigenvalue weighted by Gasteiger charge is -2.35. The summed E-state index contributed by atoms with van der Waals surface area (Å²) in [5.41, 5.74) is 1.30. The Balaban J connectivity index is 1.78. The Morgan fingerprint density at radius 3 is 2.26 bits per heavy atom. The van der Waals surface area contributed by atoms with E-state index in [2.05, 4.69) is 15.5 Å². The number of aryl methyl sites for hydroxylation is 2. The molecular formula is C23H31N3O4S. The summed E-state index contributed by atoms with van der Waals surface area (Å²) < 4.78 is 32.2. The molecule has 2 fully saturated rings. The third-order valence-electron chi connectivity index (χ3n) is 7.08. The molecule has 1 heterocycles. The highest BCUT2D eigenvalue weighted by Gasteiger charge is 2.53. The summed E-state index contributed by atoms with van der Waals surface area (Å²) in [5.74, 6) is 0.416. The van der Waals surface area contributed by atoms with Gasteiger partial charge in [0.15, 0.2) is 20.4 Å². The lowest BCUT2D eigenvalue weighted by atomic mass is 9.81. The van der Waals surface area contributed by atoms with Crippen LogP contribution < -0.4 is 5.32 Å². The normalized spacial score (nSPS) is 20.5. The van der Waals surface area contributed by atoms with Crippen molar-refractivity contribution < 1.29 is 17.7 Å². The molecule has 0 aliphatic heterocycles. The Labute approximate surface area is 183 Å². The van der Waals surface area contributed by atoms with E-state index in [1.54, 1.807) is 12.1 Å². The van der Waals surface area contributed by atoms with E-state index in [-0.39, 0.29) is 11.8 Å². The fourth-order valence-corrected chi connectivity index (χ4v) is 7.32. The molecule has 1 aromatic carbocycles. The Morgan fingerprint density at radius 1 is 1.00 bits per heavy atom. The molecule has 0 bridgehead atoms. The minimum absolute atomic E-state index is 0.147. The molecule has 2 saturated carbocycles. The van der Waals surface area contributed by atoms with E-state index >= 15 is 0 Å². The number of carbonyl (C=O) groups is 1. The fourth-order valence-electron chi connectivity index (χ4n) is 5.15. The molecule has 1 amide bonds. The van der Waals surface area contributed by atoms with Crippen molar-refractivity contribution in [1.82, 2.24) is 15.5 Å². The highest BCUT2D eigenvalue weighted by Crippen LogP contribution is 2.48. The van der Waals surface area contributed by atoms with Gasteiger partial charge in [0.1, 0.15) is 5.54 Å². The van der Waals surface area contributed by atoms with Crippen molar-refractivity contribution >= 4 is 15.7 Å². The summed E-state index contributed by atoms with van der Waals surface area (Å²) in [7, 11) is -3.74. The van der Waals surface area contributed by atoms with E-state index in [1.165, 1.54) is 6.92 Å². The molecule has 4 rings (SSSR count). The van der Waals surface area contributed by atoms with Gasteiger partial charge in [0.25, 0.3) is 0 Å². The van der Waals surface area contributed by atoms with Crippen LogP contribution in [0.5, 0.6) is 0 Å². The molecule has 168 valence electrons. The first kappa shape index (κ1) is 22.0. The Morgan fingerprint density at radius 2 is 1.65 bits per heavy atom. The van der Waals surface area contributed by atoms with Crippen LogP contribution in [0, 0.1) is 13.8 Å². The molecule has 0 unspecified atom stereocenters. The van der Waals surface area contributed by atoms with Crippen LogP contribution in [0.3, 0.4) is 0 Å². The molecule has 2 aliphatic carbocycles. The van der Waals surface area contributed by atoms with E-state index in [9.17, 15) is 13.2 Å². The number of nitrogens with one attached hydrogen (secondary N) is 1. The highest BCUT2D eigenvalue weighted by molar-refractivity contribution is 7.92. The van der Waals surface area contributed by atoms with Crippen molar-refractivity contribution in [3.05, 3.63) is 41.0 Å². The molecular weight excluding hydrogens is 414 g/mol. The third kappa shape index (κ3) is 3.69. The van der Waals surface area contributed by atoms with Crippen LogP contribution in [-0.2, 0) is 24.9 Å². The van der Waals surface area contributed by atoms with E-state index < -0.39 is 20.1 Å². The molecule has 8 heteroatoms. The molecule has 1 N–H and O–H groups in total. The number of hydrogen-bond donors (Lipinski definition) is 1. The third-order valence-corrected chi connectivity index (χ3v) is 9.57. The van der Waals surface area contributed by atoms with Crippen LogP contribution in [0.2, 0.25) is 0 Å². The number of benzene rings is 1. The van der Waals surface area contributed by atoms with E-state index in [0.717, 1.165) is 56.1 Å². The van der Waals surface area contributed by atoms with Gasteiger partial charge in [0.2, 0.25) is 11.8 Å². The van der Waals surface area contributed by atoms with Crippen molar-refractivity contribution in [1.29, 1.82) is 0 Å². The smallest absolute Gasteiger partial charge is 0.248 e. The zero-order chi connectivity index (χ0) is 22.3. The Hall–Kier alpha value is -2.22. The maximum absolute atomic E-state index is 13.9. The minimum Gasteiger partial charge on any atom is -0.343 e. The number of hydrogen-bond acceptors (Lipinski definition) is 6. The van der Waals surface area contributed by atoms with Gasteiger partial charge in [-0.05, 0) is 62.8 Å². The van der Waals surface area contributed by atoms with Gasteiger partial charge in [-0.25, -0.2) is 8.42 Å². The SMILES string of the molecule is CC(=O)NC1(c2noc(C3(S(=O)(=O)c4ccc(C)c(C)c4)CCCC3)n2)CCCCC1. The van der Waals surface area contributed by atoms with Crippen molar-refractivity contribution in [2.75, 3.05) is 0 Å². The molecule has 2 aliphatic rings. The number of nitrogens with zero attached hydrogens (tertiary/aromatic N) is 2. The van der Waals surface area contributed by atoms with Crippen molar-refractivity contribution in [3.8, 4) is 0 Å². The predicted octanol–water partition coefficient (Wildman–Crippen LogP) is 4.23. The number of rotatable bonds is 5. The first-order valence-electron chi connectivity index (χ1n) is 11.2. The molecule has 31 heavy (non-hydrogen) atoms. The molecule has 0 spiro atoms. The number of amides is 1. The quantitative estimate of drug-likeness (QED) is 0.739. The van der Waals surface area contributed by atoms with E-state index in [1.807, 2.05) is 19.9 Å². The van der Waals surface area contributed by atoms with Crippen molar-refractivity contribution in [2.45, 2.75) is 93.7 Å². The molecule has 7 nitrogen and oxygen atoms in total. The zero-order valence-corrected chi connectivity index (χ0v) is 19.3. The monoisotopic (exact) mass is 445 g/mol. The molecule has 1 aromatic heterocycles. The second-order valence-electron chi connectivity index (χ2n) is 9.20. The summed E-state index contributed by atoms with van der Waals surface area (Å²) in [6.45, 7) is 5.37. The largest absolute Gasteiger partial charge is 0.343 e. The van der Waals surface area contributed by atoms with Crippen LogP contribution in [0.15, 0.2) is 27.6 Å². The number of sulfone groups is 1. The van der Waals surface area contributed by atoms with Gasteiger partial charge in [-0.1, -0.05) is 43.3 Å². The van der Waals surface area contributed by atoms with Gasteiger partial charge in [-0.15, -0.1) is 0 Å². The lowest BCUT2D eigenvalue weighted by molar-refractivity contribution is -0.121. The maximum atomic E-state index is 13.9. The standard InChI is InChI=1S/C23H31N3O4S/c1-16-9-10-19(15-17(16)2)31(28,29)23(13-7-8-14-23)21-24-20(26-30-21)22(25-18(3)27)11-5-4-6-12-22/h9-10,15H,4-8,11-14H2,1-3H3,(H,25,27). The number of carbonyl (C=O) groups excluding carboxylic acids is 1. The summed E-state index contributed by atoms with van der Waals surface area (Å²) in [6, 6.07) is 5.26. The predicted molar refractivity (Wildman–Crippen MR) is 116 cm³/mol. The number of aromatic nitrogens is 2. The topological polar surface area (TPSA) is 102 Å². The summed E-state index contributed by atoms with van der Waals surface area (Å²) >= 11 is 0. The van der Waals surface area contributed by atoms with Crippen LogP contribution in [0.25, 0.3) is 0 Å². The second kappa shape index (κ2) is 8.04. The van der Waals surface area contributed by atoms with Gasteiger partial charge in [-0.2, -0.15) is 4.98 Å². The summed E-state index contributed by atoms with van der Waals surface area (Å²) in [6.07, 6.45) is 6.94. The fraction of sp³-hybridized carbons (Fsp3) is 0.609. The highest BCUT2D eigenvalue weighted by atomic mass is 32.2. The van der Waals surface area contributed by atoms with E-state index in [4.69, 9.17) is 4.52 Å². The maximum Gasteiger partial charge on any atom is 0.248 e. The summed E-state index contributed by atoms with van der Waals surface area (Å²) in [5, 5.41) is 7.27. The summed E-state index contributed by atoms with van der Waals surface area (Å²) in [4.78, 5) is 16.9. The average Bonchev–Trinajstić information content (AvgIpc) is 3.41. The van der Waals surface area contributed by atoms with Crippen LogP contribution >= 0.6 is 0 Å². The van der Waals surface area contributed by atoms with Crippen LogP contribution in [-0.4, -0.2) is 24.5 Å². The van der Waals surface area contributed by atoms with Gasteiger partial charge in [0, 0.05) is 6.92 Å². The first-order valence-corrected chi connectivity index (χ1v) is 12.6. The minimum atomic E-state index is -3.74. The molecule has 2 aromatic rings. The van der Waals surface area contributed by atoms with Gasteiger partial charge < -0.3 is 9.84 Å². The Kier molecular flexibility index (Phi) is 5.70. The van der Waals surface area contributed by atoms with Gasteiger partial charge in [0.05, 0.1) is 4.90 Å². The van der Waals surface area contributed by atoms with Crippen molar-refractivity contribution in [3.63, 3.8) is 0 Å². The van der Waals surface area contributed by atoms with Gasteiger partial charge >= 0.3 is 0 Å². The average molecular weight is 446 g/mol. The zero-order valence-electron chi connectivity index (χ0n) is 18.5. The lowest BCUT2D eigenvalue weighted by Crippen LogP contribution is -2.47. The van der Waals surface area contributed by atoms with Crippen LogP contribution in [0.4, 0.5) is 0 Å².